The number of aromatic nitrogens is 2. The number of carbonyl (C=O) groups excluding carboxylic acids is 3. The molecule has 36 heavy (non-hydrogen) atoms. The van der Waals surface area contributed by atoms with Gasteiger partial charge >= 0.3 is 11.9 Å². The molecule has 0 aliphatic rings. The van der Waals surface area contributed by atoms with Gasteiger partial charge in [-0.15, -0.1) is 0 Å². The maximum absolute atomic E-state index is 12.3. The van der Waals surface area contributed by atoms with Gasteiger partial charge in [0, 0.05) is 35.6 Å². The summed E-state index contributed by atoms with van der Waals surface area (Å²) in [4.78, 5) is 40.3. The summed E-state index contributed by atoms with van der Waals surface area (Å²) < 4.78 is 12.6. The van der Waals surface area contributed by atoms with Crippen LogP contribution in [0, 0.1) is 0 Å². The van der Waals surface area contributed by atoms with E-state index < -0.39 is 30.6 Å². The molecule has 1 unspecified atom stereocenters. The quantitative estimate of drug-likeness (QED) is 0.274. The highest BCUT2D eigenvalue weighted by atomic mass is 16.6. The monoisotopic (exact) mass is 487 g/mol. The van der Waals surface area contributed by atoms with Gasteiger partial charge in [0.15, 0.2) is 12.7 Å². The van der Waals surface area contributed by atoms with E-state index in [4.69, 9.17) is 15.2 Å². The van der Waals surface area contributed by atoms with E-state index in [1.807, 2.05) is 47.9 Å². The predicted octanol–water partition coefficient (Wildman–Crippen LogP) is 2.93. The summed E-state index contributed by atoms with van der Waals surface area (Å²) in [5, 5.41) is 11.2. The minimum Gasteiger partial charge on any atom is -0.481 e. The number of nitrogens with zero attached hydrogens (tertiary/aromatic N) is 2. The van der Waals surface area contributed by atoms with E-state index in [1.165, 1.54) is 18.5 Å². The van der Waals surface area contributed by atoms with Crippen molar-refractivity contribution < 1.29 is 29.0 Å². The summed E-state index contributed by atoms with van der Waals surface area (Å²) in [6, 6.07) is 18.0. The highest BCUT2D eigenvalue weighted by molar-refractivity contribution is 5.98. The Morgan fingerprint density at radius 2 is 1.83 bits per heavy atom. The third-order valence-corrected chi connectivity index (χ3v) is 5.71. The van der Waals surface area contributed by atoms with Gasteiger partial charge in [-0.3, -0.25) is 9.78 Å². The zero-order chi connectivity index (χ0) is 25.7. The average molecular weight is 488 g/mol. The number of nitrogens with two attached hydrogens (primary N) is 1. The van der Waals surface area contributed by atoms with Crippen molar-refractivity contribution in [1.29, 1.82) is 0 Å². The molecule has 4 rings (SSSR count). The lowest BCUT2D eigenvalue weighted by Gasteiger charge is -2.13. The first-order valence-electron chi connectivity index (χ1n) is 11.3. The van der Waals surface area contributed by atoms with Gasteiger partial charge in [0.1, 0.15) is 5.75 Å². The standard InChI is InChI=1S/C27H25N3O6/c1-2-19-24(25(32)26(28)33)23-20(30(19)15-17-8-4-3-5-9-17)11-6-12-21(23)35-16-22(31)36-27(34)18-10-7-13-29-14-18/h3-14,25,32H,2,15-16H2,1H3,(H2,28,33). The molecule has 4 aromatic rings. The van der Waals surface area contributed by atoms with Crippen LogP contribution in [0.15, 0.2) is 73.1 Å². The first-order chi connectivity index (χ1) is 17.4. The highest BCUT2D eigenvalue weighted by Gasteiger charge is 2.28. The Morgan fingerprint density at radius 1 is 1.06 bits per heavy atom. The maximum atomic E-state index is 12.3. The van der Waals surface area contributed by atoms with Crippen molar-refractivity contribution in [1.82, 2.24) is 9.55 Å². The van der Waals surface area contributed by atoms with Gasteiger partial charge in [0.2, 0.25) is 0 Å². The van der Waals surface area contributed by atoms with Gasteiger partial charge in [0.25, 0.3) is 5.91 Å². The lowest BCUT2D eigenvalue weighted by atomic mass is 10.0. The molecule has 0 aliphatic heterocycles. The predicted molar refractivity (Wildman–Crippen MR) is 131 cm³/mol. The Balaban J connectivity index is 1.68. The van der Waals surface area contributed by atoms with Crippen molar-refractivity contribution in [3.8, 4) is 5.75 Å². The molecule has 2 aromatic heterocycles. The number of pyridine rings is 1. The maximum Gasteiger partial charge on any atom is 0.352 e. The van der Waals surface area contributed by atoms with E-state index in [0.717, 1.165) is 5.56 Å². The van der Waals surface area contributed by atoms with E-state index in [9.17, 15) is 19.5 Å². The van der Waals surface area contributed by atoms with Crippen molar-refractivity contribution in [2.75, 3.05) is 6.61 Å². The van der Waals surface area contributed by atoms with E-state index in [2.05, 4.69) is 4.98 Å². The number of aliphatic hydroxyl groups excluding tert-OH is 1. The zero-order valence-electron chi connectivity index (χ0n) is 19.6. The van der Waals surface area contributed by atoms with Gasteiger partial charge in [0.05, 0.1) is 11.1 Å². The summed E-state index contributed by atoms with van der Waals surface area (Å²) >= 11 is 0. The van der Waals surface area contributed by atoms with Crippen LogP contribution in [0.1, 0.15) is 40.2 Å². The molecule has 3 N–H and O–H groups in total. The van der Waals surface area contributed by atoms with E-state index >= 15 is 0 Å². The Hall–Kier alpha value is -4.50. The second kappa shape index (κ2) is 10.8. The Bertz CT molecular complexity index is 1400. The highest BCUT2D eigenvalue weighted by Crippen LogP contribution is 2.38. The van der Waals surface area contributed by atoms with Crippen molar-refractivity contribution in [3.63, 3.8) is 0 Å². The Labute approximate surface area is 207 Å². The molecule has 1 amide bonds. The molecule has 0 radical (unpaired) electrons. The molecular formula is C27H25N3O6. The number of carbonyl (C=O) groups is 3. The van der Waals surface area contributed by atoms with Crippen LogP contribution in [0.25, 0.3) is 10.9 Å². The molecule has 184 valence electrons. The molecule has 0 spiro atoms. The van der Waals surface area contributed by atoms with Crippen molar-refractivity contribution >= 4 is 28.7 Å². The number of ether oxygens (including phenoxy) is 2. The average Bonchev–Trinajstić information content (AvgIpc) is 3.21. The smallest absolute Gasteiger partial charge is 0.352 e. The van der Waals surface area contributed by atoms with Crippen molar-refractivity contribution in [2.45, 2.75) is 26.0 Å². The first-order valence-corrected chi connectivity index (χ1v) is 11.3. The van der Waals surface area contributed by atoms with Gasteiger partial charge in [-0.1, -0.05) is 43.3 Å². The number of rotatable bonds is 9. The summed E-state index contributed by atoms with van der Waals surface area (Å²) in [6.45, 7) is 1.83. The number of primary amides is 1. The van der Waals surface area contributed by atoms with Crippen LogP contribution < -0.4 is 10.5 Å². The van der Waals surface area contributed by atoms with E-state index in [-0.39, 0.29) is 11.3 Å². The normalized spacial score (nSPS) is 11.7. The number of hydrogen-bond donors (Lipinski definition) is 2. The van der Waals surface area contributed by atoms with Crippen molar-refractivity contribution in [2.24, 2.45) is 5.73 Å². The number of hydrogen-bond acceptors (Lipinski definition) is 7. The van der Waals surface area contributed by atoms with Crippen LogP contribution in [-0.4, -0.2) is 39.1 Å². The second-order valence-electron chi connectivity index (χ2n) is 8.03. The van der Waals surface area contributed by atoms with Gasteiger partial charge in [-0.2, -0.15) is 0 Å². The van der Waals surface area contributed by atoms with Crippen LogP contribution in [0.2, 0.25) is 0 Å². The Kier molecular flexibility index (Phi) is 7.41. The number of fused-ring (bicyclic) bond motifs is 1. The van der Waals surface area contributed by atoms with Gasteiger partial charge in [-0.05, 0) is 36.2 Å². The minimum absolute atomic E-state index is 0.130. The summed E-state index contributed by atoms with van der Waals surface area (Å²) in [5.74, 6) is -2.41. The van der Waals surface area contributed by atoms with Crippen LogP contribution in [0.3, 0.4) is 0 Å². The third-order valence-electron chi connectivity index (χ3n) is 5.71. The number of amides is 1. The summed E-state index contributed by atoms with van der Waals surface area (Å²) in [7, 11) is 0. The molecule has 2 heterocycles. The molecule has 9 nitrogen and oxygen atoms in total. The topological polar surface area (TPSA) is 134 Å². The molecule has 9 heteroatoms. The fourth-order valence-corrected chi connectivity index (χ4v) is 4.15. The molecule has 0 aliphatic carbocycles. The summed E-state index contributed by atoms with van der Waals surface area (Å²) in [5.41, 5.74) is 8.36. The van der Waals surface area contributed by atoms with Crippen molar-refractivity contribution in [3.05, 3.63) is 95.4 Å². The Morgan fingerprint density at radius 3 is 2.50 bits per heavy atom. The molecular weight excluding hydrogens is 462 g/mol. The first kappa shape index (κ1) is 24.6. The van der Waals surface area contributed by atoms with Gasteiger partial charge < -0.3 is 24.9 Å². The largest absolute Gasteiger partial charge is 0.481 e. The van der Waals surface area contributed by atoms with Gasteiger partial charge in [-0.25, -0.2) is 9.59 Å². The lowest BCUT2D eigenvalue weighted by molar-refractivity contribution is -0.140. The van der Waals surface area contributed by atoms with E-state index in [1.54, 1.807) is 18.2 Å². The SMILES string of the molecule is CCc1c(C(O)C(N)=O)c2c(OCC(=O)OC(=O)c3cccnc3)cccc2n1Cc1ccccc1. The molecule has 0 saturated carbocycles. The van der Waals surface area contributed by atoms with Crippen LogP contribution in [-0.2, 0) is 27.3 Å². The fraction of sp³-hybridized carbons (Fsp3) is 0.185. The number of benzene rings is 2. The molecule has 0 saturated heterocycles. The zero-order valence-corrected chi connectivity index (χ0v) is 19.6. The number of esters is 2. The van der Waals surface area contributed by atoms with Crippen LogP contribution >= 0.6 is 0 Å². The fourth-order valence-electron chi connectivity index (χ4n) is 4.15. The third kappa shape index (κ3) is 5.11. The molecule has 0 bridgehead atoms. The molecule has 1 atom stereocenters. The lowest BCUT2D eigenvalue weighted by Crippen LogP contribution is -2.22. The molecule has 0 fully saturated rings. The van der Waals surface area contributed by atoms with Crippen LogP contribution in [0.5, 0.6) is 5.75 Å². The summed E-state index contributed by atoms with van der Waals surface area (Å²) in [6.07, 6.45) is 1.71. The van der Waals surface area contributed by atoms with E-state index in [0.29, 0.717) is 35.1 Å². The molecule has 2 aromatic carbocycles. The minimum atomic E-state index is -1.58. The number of aliphatic hydroxyl groups is 1. The van der Waals surface area contributed by atoms with Crippen LogP contribution in [0.4, 0.5) is 0 Å². The second-order valence-corrected chi connectivity index (χ2v) is 8.03.